The minimum Gasteiger partial charge on any atom is -0.394 e. The second-order valence-electron chi connectivity index (χ2n) is 6.36. The normalized spacial score (nSPS) is 14.0. The van der Waals surface area contributed by atoms with Gasteiger partial charge in [-0.1, -0.05) is 41.5 Å². The Bertz CT molecular complexity index is 525. The fourth-order valence-corrected chi connectivity index (χ4v) is 1.25. The summed E-state index contributed by atoms with van der Waals surface area (Å²) in [4.78, 5) is 30.9. The van der Waals surface area contributed by atoms with Crippen LogP contribution in [0.15, 0.2) is 21.4 Å². The molecule has 29 heavy (non-hydrogen) atoms. The molecule has 0 radical (unpaired) electrons. The van der Waals surface area contributed by atoms with Crippen molar-refractivity contribution >= 4 is 24.4 Å². The average Bonchev–Trinajstić information content (AvgIpc) is 2.74. The molecule has 8 heteroatoms. The van der Waals surface area contributed by atoms with Gasteiger partial charge in [0, 0.05) is 32.0 Å². The first kappa shape index (κ1) is 31.6. The molecule has 170 valence electrons. The predicted molar refractivity (Wildman–Crippen MR) is 121 cm³/mol. The number of hydrogen-bond acceptors (Lipinski definition) is 6. The van der Waals surface area contributed by atoms with Crippen LogP contribution in [0.1, 0.15) is 61.8 Å². The fraction of sp³-hybridized carbons (Fsp3) is 0.714. The largest absolute Gasteiger partial charge is 0.394 e. The van der Waals surface area contributed by atoms with E-state index in [1.807, 2.05) is 20.8 Å². The van der Waals surface area contributed by atoms with E-state index < -0.39 is 0 Å². The van der Waals surface area contributed by atoms with Gasteiger partial charge < -0.3 is 15.2 Å². The van der Waals surface area contributed by atoms with Crippen LogP contribution < -0.4 is 10.6 Å². The number of aliphatic hydroxyl groups excluding tert-OH is 1. The summed E-state index contributed by atoms with van der Waals surface area (Å²) in [5.74, 6) is 0.297. The molecule has 3 N–H and O–H groups in total. The van der Waals surface area contributed by atoms with E-state index in [1.54, 1.807) is 48.1 Å². The van der Waals surface area contributed by atoms with Crippen LogP contribution in [0.3, 0.4) is 0 Å². The summed E-state index contributed by atoms with van der Waals surface area (Å²) in [5, 5.41) is 13.8. The third kappa shape index (κ3) is 17.8. The van der Waals surface area contributed by atoms with Crippen LogP contribution >= 0.6 is 0 Å². The molecular weight excluding hydrogens is 372 g/mol. The lowest BCUT2D eigenvalue weighted by Gasteiger charge is -2.13. The van der Waals surface area contributed by atoms with Crippen LogP contribution in [0.25, 0.3) is 0 Å². The highest BCUT2D eigenvalue weighted by molar-refractivity contribution is 5.98. The number of guanidine groups is 1. The first-order valence-corrected chi connectivity index (χ1v) is 10.0. The molecular formula is C21H42N4O4. The smallest absolute Gasteiger partial charge is 0.229 e. The first-order chi connectivity index (χ1) is 13.7. The van der Waals surface area contributed by atoms with Gasteiger partial charge in [-0.25, -0.2) is 0 Å². The predicted octanol–water partition coefficient (Wildman–Crippen LogP) is 2.92. The maximum atomic E-state index is 11.6. The van der Waals surface area contributed by atoms with Crippen LogP contribution in [0.2, 0.25) is 0 Å². The number of aliphatic hydroxyl groups is 1. The number of rotatable bonds is 8. The third-order valence-corrected chi connectivity index (χ3v) is 3.56. The van der Waals surface area contributed by atoms with E-state index in [4.69, 9.17) is 5.11 Å². The van der Waals surface area contributed by atoms with Crippen LogP contribution in [0.4, 0.5) is 0 Å². The molecule has 0 aromatic heterocycles. The summed E-state index contributed by atoms with van der Waals surface area (Å²) >= 11 is 0. The van der Waals surface area contributed by atoms with Crippen molar-refractivity contribution in [2.75, 3.05) is 20.8 Å². The lowest BCUT2D eigenvalue weighted by Crippen LogP contribution is -2.42. The fourth-order valence-electron chi connectivity index (χ4n) is 1.25. The van der Waals surface area contributed by atoms with Gasteiger partial charge in [-0.2, -0.15) is 0 Å². The van der Waals surface area contributed by atoms with Crippen molar-refractivity contribution < 1.29 is 19.4 Å². The van der Waals surface area contributed by atoms with Crippen molar-refractivity contribution in [1.82, 2.24) is 10.6 Å². The SMILES string of the molecule is CC.CCC(C)C=N/C(C=O)=C(\C)NC(=NC)NC(=O)C(C)C.COC(C)CO. The second kappa shape index (κ2) is 20.7. The minimum atomic E-state index is -0.151. The summed E-state index contributed by atoms with van der Waals surface area (Å²) in [7, 11) is 3.13. The molecule has 2 unspecified atom stereocenters. The van der Waals surface area contributed by atoms with Crippen LogP contribution in [-0.4, -0.2) is 56.3 Å². The van der Waals surface area contributed by atoms with E-state index in [1.165, 1.54) is 0 Å². The van der Waals surface area contributed by atoms with E-state index in [0.29, 0.717) is 23.9 Å². The van der Waals surface area contributed by atoms with E-state index in [2.05, 4.69) is 32.3 Å². The van der Waals surface area contributed by atoms with Gasteiger partial charge in [0.25, 0.3) is 0 Å². The van der Waals surface area contributed by atoms with Crippen molar-refractivity contribution in [3.05, 3.63) is 11.4 Å². The molecule has 8 nitrogen and oxygen atoms in total. The van der Waals surface area contributed by atoms with Gasteiger partial charge in [0.2, 0.25) is 11.9 Å². The Balaban J connectivity index is -0.000000716. The molecule has 0 aliphatic heterocycles. The third-order valence-electron chi connectivity index (χ3n) is 3.56. The Hall–Kier alpha value is -2.06. The highest BCUT2D eigenvalue weighted by atomic mass is 16.5. The molecule has 0 spiro atoms. The molecule has 0 aromatic carbocycles. The molecule has 0 fully saturated rings. The Morgan fingerprint density at radius 2 is 1.72 bits per heavy atom. The average molecular weight is 415 g/mol. The zero-order valence-electron chi connectivity index (χ0n) is 19.9. The Kier molecular flexibility index (Phi) is 22.5. The van der Waals surface area contributed by atoms with Crippen LogP contribution in [-0.2, 0) is 14.3 Å². The molecule has 0 rings (SSSR count). The number of amides is 1. The summed E-state index contributed by atoms with van der Waals surface area (Å²) in [5.41, 5.74) is 0.824. The Morgan fingerprint density at radius 1 is 1.17 bits per heavy atom. The zero-order valence-corrected chi connectivity index (χ0v) is 19.9. The van der Waals surface area contributed by atoms with Crippen LogP contribution in [0, 0.1) is 11.8 Å². The molecule has 2 atom stereocenters. The van der Waals surface area contributed by atoms with Gasteiger partial charge in [0.1, 0.15) is 5.70 Å². The number of methoxy groups -OCH3 is 1. The summed E-state index contributed by atoms with van der Waals surface area (Å²) in [6.45, 7) is 15.3. The lowest BCUT2D eigenvalue weighted by molar-refractivity contribution is -0.122. The van der Waals surface area contributed by atoms with E-state index in [9.17, 15) is 9.59 Å². The number of aldehydes is 1. The highest BCUT2D eigenvalue weighted by Crippen LogP contribution is 2.03. The highest BCUT2D eigenvalue weighted by Gasteiger charge is 2.10. The molecule has 1 amide bonds. The van der Waals surface area contributed by atoms with Gasteiger partial charge >= 0.3 is 0 Å². The number of nitrogens with zero attached hydrogens (tertiary/aromatic N) is 2. The second-order valence-corrected chi connectivity index (χ2v) is 6.36. The van der Waals surface area contributed by atoms with Crippen molar-refractivity contribution in [1.29, 1.82) is 0 Å². The van der Waals surface area contributed by atoms with Gasteiger partial charge in [0.05, 0.1) is 12.7 Å². The number of carbonyl (C=O) groups is 2. The molecule has 0 aliphatic carbocycles. The zero-order chi connectivity index (χ0) is 23.4. The summed E-state index contributed by atoms with van der Waals surface area (Å²) in [6.07, 6.45) is 3.36. The molecule has 0 heterocycles. The van der Waals surface area contributed by atoms with E-state index in [-0.39, 0.29) is 30.2 Å². The van der Waals surface area contributed by atoms with Gasteiger partial charge in [-0.05, 0) is 26.2 Å². The number of aliphatic imine (C=N–C) groups is 2. The maximum absolute atomic E-state index is 11.6. The number of ether oxygens (including phenoxy) is 1. The molecule has 0 saturated carbocycles. The summed E-state index contributed by atoms with van der Waals surface area (Å²) in [6, 6.07) is 0. The van der Waals surface area contributed by atoms with Crippen molar-refractivity contribution in [2.24, 2.45) is 21.8 Å². The van der Waals surface area contributed by atoms with Crippen molar-refractivity contribution in [3.8, 4) is 0 Å². The van der Waals surface area contributed by atoms with Crippen LogP contribution in [0.5, 0.6) is 0 Å². The van der Waals surface area contributed by atoms with Gasteiger partial charge in [0.15, 0.2) is 6.29 Å². The first-order valence-electron chi connectivity index (χ1n) is 10.0. The van der Waals surface area contributed by atoms with Gasteiger partial charge in [-0.15, -0.1) is 0 Å². The molecule has 0 aliphatic rings. The topological polar surface area (TPSA) is 112 Å². The number of allylic oxidation sites excluding steroid dienone is 2. The van der Waals surface area contributed by atoms with Crippen molar-refractivity contribution in [3.63, 3.8) is 0 Å². The van der Waals surface area contributed by atoms with Crippen molar-refractivity contribution in [2.45, 2.75) is 67.9 Å². The lowest BCUT2D eigenvalue weighted by atomic mass is 10.1. The monoisotopic (exact) mass is 414 g/mol. The molecule has 0 aromatic rings. The maximum Gasteiger partial charge on any atom is 0.229 e. The summed E-state index contributed by atoms with van der Waals surface area (Å²) < 4.78 is 4.65. The Labute approximate surface area is 176 Å². The number of hydrogen-bond donors (Lipinski definition) is 3. The molecule has 0 bridgehead atoms. The standard InChI is InChI=1S/C15H26N4O2.C4H10O2.C2H6/c1-7-11(4)8-17-13(9-20)12(5)18-15(16-6)19-14(21)10(2)3;1-4(3-5)6-2;1-2/h8-11H,7H2,1-6H3,(H2,16,18,19,21);4-5H,3H2,1-2H3;1-2H3/b13-12+,17-8?;;. The Morgan fingerprint density at radius 3 is 2.03 bits per heavy atom. The van der Waals surface area contributed by atoms with E-state index in [0.717, 1.165) is 6.42 Å². The number of nitrogens with one attached hydrogen (secondary N) is 2. The number of carbonyl (C=O) groups excluding carboxylic acids is 2. The minimum absolute atomic E-state index is 0.00926. The molecule has 0 saturated heterocycles. The van der Waals surface area contributed by atoms with Gasteiger partial charge in [-0.3, -0.25) is 24.9 Å². The van der Waals surface area contributed by atoms with E-state index >= 15 is 0 Å². The quantitative estimate of drug-likeness (QED) is 0.245.